The monoisotopic (exact) mass is 370 g/mol. The van der Waals surface area contributed by atoms with Crippen molar-refractivity contribution in [2.24, 2.45) is 0 Å². The fourth-order valence-electron chi connectivity index (χ4n) is 2.60. The molecule has 3 aromatic heterocycles. The number of aromatic nitrogens is 1. The summed E-state index contributed by atoms with van der Waals surface area (Å²) in [7, 11) is 0. The number of rotatable bonds is 6. The Hall–Kier alpha value is -2.28. The predicted octanol–water partition coefficient (Wildman–Crippen LogP) is 5.48. The lowest BCUT2D eigenvalue weighted by atomic mass is 10.1. The van der Waals surface area contributed by atoms with Crippen LogP contribution in [0.4, 0.5) is 4.39 Å². The van der Waals surface area contributed by atoms with Crippen LogP contribution in [0.25, 0.3) is 10.8 Å². The molecule has 0 fully saturated rings. The van der Waals surface area contributed by atoms with Gasteiger partial charge < -0.3 is 4.42 Å². The van der Waals surface area contributed by atoms with E-state index in [1.165, 1.54) is 17.0 Å². The molecular weight excluding hydrogens is 355 g/mol. The molecule has 126 valence electrons. The van der Waals surface area contributed by atoms with Crippen LogP contribution in [0.2, 0.25) is 0 Å². The SMILES string of the molecule is Fc1ccc([C@H](NCc2coc(-c3cccs3)n2)c2cccs2)cc1. The lowest BCUT2D eigenvalue weighted by molar-refractivity contribution is 0.566. The molecule has 25 heavy (non-hydrogen) atoms. The number of hydrogen-bond acceptors (Lipinski definition) is 5. The molecule has 0 bridgehead atoms. The van der Waals surface area contributed by atoms with E-state index < -0.39 is 0 Å². The molecule has 1 N–H and O–H groups in total. The Labute approximate surface area is 152 Å². The lowest BCUT2D eigenvalue weighted by Crippen LogP contribution is -2.21. The molecule has 4 aromatic rings. The van der Waals surface area contributed by atoms with Crippen molar-refractivity contribution >= 4 is 22.7 Å². The quantitative estimate of drug-likeness (QED) is 0.488. The van der Waals surface area contributed by atoms with Crippen LogP contribution in [-0.2, 0) is 6.54 Å². The minimum Gasteiger partial charge on any atom is -0.444 e. The van der Waals surface area contributed by atoms with Crippen molar-refractivity contribution < 1.29 is 8.81 Å². The Morgan fingerprint density at radius 3 is 2.56 bits per heavy atom. The van der Waals surface area contributed by atoms with Crippen LogP contribution in [0.5, 0.6) is 0 Å². The summed E-state index contributed by atoms with van der Waals surface area (Å²) in [5.41, 5.74) is 1.86. The molecule has 3 heterocycles. The van der Waals surface area contributed by atoms with Crippen molar-refractivity contribution in [1.29, 1.82) is 0 Å². The van der Waals surface area contributed by atoms with Crippen LogP contribution in [0.3, 0.4) is 0 Å². The minimum absolute atomic E-state index is 0.0116. The van der Waals surface area contributed by atoms with Crippen LogP contribution in [0.15, 0.2) is 70.0 Å². The predicted molar refractivity (Wildman–Crippen MR) is 99.2 cm³/mol. The summed E-state index contributed by atoms with van der Waals surface area (Å²) in [6, 6.07) is 14.6. The number of nitrogens with one attached hydrogen (secondary N) is 1. The second-order valence-electron chi connectivity index (χ2n) is 5.50. The zero-order chi connectivity index (χ0) is 17.1. The highest BCUT2D eigenvalue weighted by molar-refractivity contribution is 7.13. The summed E-state index contributed by atoms with van der Waals surface area (Å²) < 4.78 is 18.8. The van der Waals surface area contributed by atoms with Crippen molar-refractivity contribution in [2.45, 2.75) is 12.6 Å². The van der Waals surface area contributed by atoms with E-state index in [0.29, 0.717) is 12.4 Å². The topological polar surface area (TPSA) is 38.1 Å². The van der Waals surface area contributed by atoms with Gasteiger partial charge in [0.15, 0.2) is 0 Å². The molecule has 0 aliphatic rings. The van der Waals surface area contributed by atoms with Gasteiger partial charge in [-0.05, 0) is 40.6 Å². The molecule has 6 heteroatoms. The molecule has 4 rings (SSSR count). The largest absolute Gasteiger partial charge is 0.444 e. The summed E-state index contributed by atoms with van der Waals surface area (Å²) >= 11 is 3.27. The second kappa shape index (κ2) is 7.31. The number of nitrogens with zero attached hydrogens (tertiary/aromatic N) is 1. The first-order valence-electron chi connectivity index (χ1n) is 7.80. The third-order valence-corrected chi connectivity index (χ3v) is 5.60. The van der Waals surface area contributed by atoms with E-state index in [-0.39, 0.29) is 11.9 Å². The Morgan fingerprint density at radius 1 is 1.04 bits per heavy atom. The zero-order valence-electron chi connectivity index (χ0n) is 13.2. The number of halogens is 1. The van der Waals surface area contributed by atoms with Crippen molar-refractivity contribution in [3.63, 3.8) is 0 Å². The van der Waals surface area contributed by atoms with Crippen LogP contribution in [0, 0.1) is 5.82 Å². The molecule has 0 saturated carbocycles. The van der Waals surface area contributed by atoms with E-state index in [2.05, 4.69) is 16.4 Å². The Morgan fingerprint density at radius 2 is 1.84 bits per heavy atom. The average Bonchev–Trinajstić information content (AvgIpc) is 3.39. The smallest absolute Gasteiger partial charge is 0.236 e. The molecule has 0 spiro atoms. The maximum Gasteiger partial charge on any atom is 0.236 e. The fraction of sp³-hybridized carbons (Fsp3) is 0.105. The van der Waals surface area contributed by atoms with Gasteiger partial charge in [-0.2, -0.15) is 0 Å². The summed E-state index contributed by atoms with van der Waals surface area (Å²) in [5, 5.41) is 7.54. The van der Waals surface area contributed by atoms with E-state index >= 15 is 0 Å². The summed E-state index contributed by atoms with van der Waals surface area (Å²) in [6.07, 6.45) is 1.68. The van der Waals surface area contributed by atoms with E-state index in [1.54, 1.807) is 28.9 Å². The summed E-state index contributed by atoms with van der Waals surface area (Å²) in [5.74, 6) is 0.409. The van der Waals surface area contributed by atoms with Gasteiger partial charge in [-0.3, -0.25) is 5.32 Å². The molecule has 3 nitrogen and oxygen atoms in total. The molecular formula is C19H15FN2OS2. The molecule has 1 aromatic carbocycles. The number of hydrogen-bond donors (Lipinski definition) is 1. The third-order valence-electron chi connectivity index (χ3n) is 3.80. The van der Waals surface area contributed by atoms with Crippen molar-refractivity contribution in [1.82, 2.24) is 10.3 Å². The van der Waals surface area contributed by atoms with E-state index in [4.69, 9.17) is 4.42 Å². The lowest BCUT2D eigenvalue weighted by Gasteiger charge is -2.17. The maximum atomic E-state index is 13.2. The van der Waals surface area contributed by atoms with Gasteiger partial charge >= 0.3 is 0 Å². The summed E-state index contributed by atoms with van der Waals surface area (Å²) in [6.45, 7) is 0.564. The highest BCUT2D eigenvalue weighted by atomic mass is 32.1. The van der Waals surface area contributed by atoms with Gasteiger partial charge in [0.1, 0.15) is 12.1 Å². The second-order valence-corrected chi connectivity index (χ2v) is 7.43. The average molecular weight is 370 g/mol. The van der Waals surface area contributed by atoms with Crippen molar-refractivity contribution in [3.05, 3.63) is 87.5 Å². The van der Waals surface area contributed by atoms with Crippen molar-refractivity contribution in [3.8, 4) is 10.8 Å². The number of thiophene rings is 2. The molecule has 0 radical (unpaired) electrons. The van der Waals surface area contributed by atoms with Gasteiger partial charge in [-0.1, -0.05) is 24.3 Å². The number of oxazole rings is 1. The van der Waals surface area contributed by atoms with E-state index in [9.17, 15) is 4.39 Å². The first-order valence-corrected chi connectivity index (χ1v) is 9.56. The van der Waals surface area contributed by atoms with Crippen LogP contribution < -0.4 is 5.32 Å². The maximum absolute atomic E-state index is 13.2. The molecule has 0 saturated heterocycles. The zero-order valence-corrected chi connectivity index (χ0v) is 14.8. The van der Waals surface area contributed by atoms with Crippen LogP contribution in [0.1, 0.15) is 22.2 Å². The molecule has 0 aliphatic carbocycles. The summed E-state index contributed by atoms with van der Waals surface area (Å²) in [4.78, 5) is 6.73. The first kappa shape index (κ1) is 16.2. The molecule has 0 unspecified atom stereocenters. The standard InChI is InChI=1S/C19H15FN2OS2/c20-14-7-5-13(6-8-14)18(16-3-1-9-24-16)21-11-15-12-23-19(22-15)17-4-2-10-25-17/h1-10,12,18,21H,11H2/t18-/m0/s1. The Kier molecular flexibility index (Phi) is 4.74. The fourth-order valence-corrected chi connectivity index (χ4v) is 4.08. The van der Waals surface area contributed by atoms with E-state index in [1.807, 2.05) is 41.1 Å². The van der Waals surface area contributed by atoms with Gasteiger partial charge in [-0.15, -0.1) is 22.7 Å². The van der Waals surface area contributed by atoms with Gasteiger partial charge in [0, 0.05) is 11.4 Å². The van der Waals surface area contributed by atoms with Crippen LogP contribution >= 0.6 is 22.7 Å². The third kappa shape index (κ3) is 3.71. The number of benzene rings is 1. The normalized spacial score (nSPS) is 12.4. The van der Waals surface area contributed by atoms with Gasteiger partial charge in [-0.25, -0.2) is 9.37 Å². The highest BCUT2D eigenvalue weighted by Crippen LogP contribution is 2.27. The van der Waals surface area contributed by atoms with Crippen molar-refractivity contribution in [2.75, 3.05) is 0 Å². The first-order chi connectivity index (χ1) is 12.3. The Balaban J connectivity index is 1.52. The highest BCUT2D eigenvalue weighted by Gasteiger charge is 2.16. The Bertz CT molecular complexity index is 915. The van der Waals surface area contributed by atoms with Gasteiger partial charge in [0.05, 0.1) is 16.6 Å². The minimum atomic E-state index is -0.231. The van der Waals surface area contributed by atoms with Crippen LogP contribution in [-0.4, -0.2) is 4.98 Å². The molecule has 0 aliphatic heterocycles. The molecule has 0 amide bonds. The van der Waals surface area contributed by atoms with Gasteiger partial charge in [0.2, 0.25) is 5.89 Å². The van der Waals surface area contributed by atoms with Gasteiger partial charge in [0.25, 0.3) is 0 Å². The molecule has 1 atom stereocenters. The van der Waals surface area contributed by atoms with E-state index in [0.717, 1.165) is 16.1 Å².